The van der Waals surface area contributed by atoms with Gasteiger partial charge in [0.1, 0.15) is 5.52 Å². The van der Waals surface area contributed by atoms with Gasteiger partial charge in [-0.2, -0.15) is 0 Å². The second kappa shape index (κ2) is 7.50. The van der Waals surface area contributed by atoms with Gasteiger partial charge in [0.2, 0.25) is 5.89 Å². The molecule has 1 aliphatic carbocycles. The fraction of sp³-hybridized carbons (Fsp3) is 0.300. The van der Waals surface area contributed by atoms with Crippen LogP contribution in [0.15, 0.2) is 40.8 Å². The summed E-state index contributed by atoms with van der Waals surface area (Å²) in [4.78, 5) is 17.0. The fourth-order valence-corrected chi connectivity index (χ4v) is 3.96. The quantitative estimate of drug-likeness (QED) is 0.654. The number of fused-ring (bicyclic) bond motifs is 1. The third-order valence-corrected chi connectivity index (χ3v) is 5.18. The monoisotopic (exact) mass is 404 g/mol. The molecule has 1 heterocycles. The van der Waals surface area contributed by atoms with E-state index in [2.05, 4.69) is 10.3 Å². The zero-order valence-corrected chi connectivity index (χ0v) is 15.9. The van der Waals surface area contributed by atoms with Gasteiger partial charge in [0, 0.05) is 27.2 Å². The van der Waals surface area contributed by atoms with Crippen LogP contribution in [0.25, 0.3) is 22.6 Å². The molecule has 0 bridgehead atoms. The number of aliphatic hydroxyl groups excluding tert-OH is 1. The van der Waals surface area contributed by atoms with Crippen molar-refractivity contribution in [2.75, 3.05) is 0 Å². The first-order valence-electron chi connectivity index (χ1n) is 8.84. The number of oxazole rings is 1. The Hall–Kier alpha value is -2.08. The number of benzene rings is 2. The van der Waals surface area contributed by atoms with Crippen LogP contribution in [0.1, 0.15) is 36.0 Å². The van der Waals surface area contributed by atoms with Gasteiger partial charge in [0.05, 0.1) is 6.10 Å². The molecule has 2 atom stereocenters. The predicted octanol–water partition coefficient (Wildman–Crippen LogP) is 4.83. The number of carbonyl (C=O) groups excluding carboxylic acids is 1. The smallest absolute Gasteiger partial charge is 0.251 e. The van der Waals surface area contributed by atoms with E-state index in [1.165, 1.54) is 0 Å². The zero-order valence-electron chi connectivity index (χ0n) is 14.4. The molecule has 5 nitrogen and oxygen atoms in total. The number of hydrogen-bond acceptors (Lipinski definition) is 4. The Morgan fingerprint density at radius 3 is 2.67 bits per heavy atom. The Bertz CT molecular complexity index is 982. The molecule has 4 rings (SSSR count). The van der Waals surface area contributed by atoms with Crippen molar-refractivity contribution in [3.63, 3.8) is 0 Å². The second-order valence-corrected chi connectivity index (χ2v) is 7.72. The number of amides is 1. The molecular formula is C20H18Cl2N2O3. The van der Waals surface area contributed by atoms with Crippen LogP contribution in [-0.2, 0) is 0 Å². The van der Waals surface area contributed by atoms with Crippen molar-refractivity contribution >= 4 is 40.2 Å². The highest BCUT2D eigenvalue weighted by Crippen LogP contribution is 2.29. The molecule has 1 aliphatic rings. The number of hydrogen-bond donors (Lipinski definition) is 2. The molecule has 0 saturated heterocycles. The molecule has 2 aromatic carbocycles. The lowest BCUT2D eigenvalue weighted by molar-refractivity contribution is 0.0850. The minimum atomic E-state index is -0.340. The molecule has 27 heavy (non-hydrogen) atoms. The molecule has 3 aromatic rings. The van der Waals surface area contributed by atoms with Crippen molar-refractivity contribution in [2.45, 2.75) is 37.8 Å². The number of aromatic nitrogens is 1. The minimum absolute atomic E-state index is 0.00386. The van der Waals surface area contributed by atoms with Gasteiger partial charge in [-0.1, -0.05) is 23.2 Å². The summed E-state index contributed by atoms with van der Waals surface area (Å²) in [5.74, 6) is 0.210. The van der Waals surface area contributed by atoms with E-state index in [9.17, 15) is 9.90 Å². The third-order valence-electron chi connectivity index (χ3n) is 4.74. The Labute approximate surface area is 166 Å². The van der Waals surface area contributed by atoms with Crippen molar-refractivity contribution in [3.8, 4) is 11.5 Å². The summed E-state index contributed by atoms with van der Waals surface area (Å²) in [6.07, 6.45) is 2.85. The van der Waals surface area contributed by atoms with Crippen molar-refractivity contribution in [2.24, 2.45) is 0 Å². The highest BCUT2D eigenvalue weighted by Gasteiger charge is 2.22. The highest BCUT2D eigenvalue weighted by molar-refractivity contribution is 6.35. The largest absolute Gasteiger partial charge is 0.436 e. The van der Waals surface area contributed by atoms with Crippen LogP contribution < -0.4 is 5.32 Å². The van der Waals surface area contributed by atoms with Gasteiger partial charge in [-0.25, -0.2) is 4.98 Å². The second-order valence-electron chi connectivity index (χ2n) is 6.85. The molecule has 1 amide bonds. The Balaban J connectivity index is 1.58. The normalized spacial score (nSPS) is 20.0. The fourth-order valence-electron chi connectivity index (χ4n) is 3.43. The van der Waals surface area contributed by atoms with Gasteiger partial charge in [0.25, 0.3) is 5.91 Å². The standard InChI is InChI=1S/C20H18Cl2N2O3/c21-13-6-12(7-14(22)9-13)20-24-17-5-4-11(8-18(17)27-20)19(26)23-15-2-1-3-16(25)10-15/h4-9,15-16,25H,1-3,10H2,(H,23,26)/t15-,16-/m1/s1. The lowest BCUT2D eigenvalue weighted by Crippen LogP contribution is -2.39. The summed E-state index contributed by atoms with van der Waals surface area (Å²) in [5, 5.41) is 13.7. The van der Waals surface area contributed by atoms with E-state index in [0.717, 1.165) is 19.3 Å². The maximum absolute atomic E-state index is 12.5. The van der Waals surface area contributed by atoms with Gasteiger partial charge in [0.15, 0.2) is 5.58 Å². The lowest BCUT2D eigenvalue weighted by Gasteiger charge is -2.26. The van der Waals surface area contributed by atoms with Gasteiger partial charge in [-0.15, -0.1) is 0 Å². The average molecular weight is 405 g/mol. The number of nitrogens with zero attached hydrogens (tertiary/aromatic N) is 1. The van der Waals surface area contributed by atoms with Crippen molar-refractivity contribution in [1.82, 2.24) is 10.3 Å². The van der Waals surface area contributed by atoms with Crippen molar-refractivity contribution in [3.05, 3.63) is 52.0 Å². The summed E-state index contributed by atoms with van der Waals surface area (Å²) in [7, 11) is 0. The van der Waals surface area contributed by atoms with Crippen LogP contribution in [0.3, 0.4) is 0 Å². The van der Waals surface area contributed by atoms with Gasteiger partial charge < -0.3 is 14.8 Å². The lowest BCUT2D eigenvalue weighted by atomic mass is 9.93. The van der Waals surface area contributed by atoms with E-state index in [1.807, 2.05) is 0 Å². The molecule has 0 aliphatic heterocycles. The summed E-state index contributed by atoms with van der Waals surface area (Å²) < 4.78 is 5.81. The SMILES string of the molecule is O=C(N[C@@H]1CCC[C@@H](O)C1)c1ccc2nc(-c3cc(Cl)cc(Cl)c3)oc2c1. The van der Waals surface area contributed by atoms with Crippen LogP contribution in [0.4, 0.5) is 0 Å². The Kier molecular flexibility index (Phi) is 5.08. The minimum Gasteiger partial charge on any atom is -0.436 e. The first-order chi connectivity index (χ1) is 13.0. The molecule has 0 unspecified atom stereocenters. The molecule has 7 heteroatoms. The number of halogens is 2. The maximum atomic E-state index is 12.5. The molecule has 0 radical (unpaired) electrons. The molecular weight excluding hydrogens is 387 g/mol. The van der Waals surface area contributed by atoms with E-state index in [-0.39, 0.29) is 18.1 Å². The molecule has 1 saturated carbocycles. The first kappa shape index (κ1) is 18.3. The first-order valence-corrected chi connectivity index (χ1v) is 9.59. The molecule has 1 fully saturated rings. The van der Waals surface area contributed by atoms with Crippen LogP contribution in [0, 0.1) is 0 Å². The third kappa shape index (κ3) is 4.10. The number of carbonyl (C=O) groups is 1. The van der Waals surface area contributed by atoms with Crippen LogP contribution in [-0.4, -0.2) is 28.1 Å². The molecule has 1 aromatic heterocycles. The summed E-state index contributed by atoms with van der Waals surface area (Å²) in [5.41, 5.74) is 2.32. The summed E-state index contributed by atoms with van der Waals surface area (Å²) >= 11 is 12.1. The average Bonchev–Trinajstić information content (AvgIpc) is 3.04. The molecule has 0 spiro atoms. The van der Waals surface area contributed by atoms with E-state index in [0.29, 0.717) is 44.6 Å². The predicted molar refractivity (Wildman–Crippen MR) is 105 cm³/mol. The van der Waals surface area contributed by atoms with Gasteiger partial charge >= 0.3 is 0 Å². The molecule has 2 N–H and O–H groups in total. The highest BCUT2D eigenvalue weighted by atomic mass is 35.5. The van der Waals surface area contributed by atoms with E-state index >= 15 is 0 Å². The van der Waals surface area contributed by atoms with Crippen molar-refractivity contribution in [1.29, 1.82) is 0 Å². The van der Waals surface area contributed by atoms with Crippen LogP contribution in [0.2, 0.25) is 10.0 Å². The number of nitrogens with one attached hydrogen (secondary N) is 1. The van der Waals surface area contributed by atoms with E-state index < -0.39 is 0 Å². The van der Waals surface area contributed by atoms with Crippen molar-refractivity contribution < 1.29 is 14.3 Å². The zero-order chi connectivity index (χ0) is 19.0. The van der Waals surface area contributed by atoms with E-state index in [4.69, 9.17) is 27.6 Å². The molecule has 140 valence electrons. The Morgan fingerprint density at radius 1 is 1.15 bits per heavy atom. The topological polar surface area (TPSA) is 75.4 Å². The van der Waals surface area contributed by atoms with Gasteiger partial charge in [-0.05, 0) is 62.1 Å². The number of aliphatic hydroxyl groups is 1. The van der Waals surface area contributed by atoms with E-state index in [1.54, 1.807) is 36.4 Å². The van der Waals surface area contributed by atoms with Crippen LogP contribution in [0.5, 0.6) is 0 Å². The summed E-state index contributed by atoms with van der Waals surface area (Å²) in [6.45, 7) is 0. The maximum Gasteiger partial charge on any atom is 0.251 e. The summed E-state index contributed by atoms with van der Waals surface area (Å²) in [6, 6.07) is 10.2. The van der Waals surface area contributed by atoms with Gasteiger partial charge in [-0.3, -0.25) is 4.79 Å². The Morgan fingerprint density at radius 2 is 1.93 bits per heavy atom. The number of rotatable bonds is 3. The van der Waals surface area contributed by atoms with Crippen LogP contribution >= 0.6 is 23.2 Å².